The van der Waals surface area contributed by atoms with Gasteiger partial charge in [0.15, 0.2) is 5.65 Å². The standard InChI is InChI=1S/C17H18N4S/c1-12-6-8-13(9-7-12)15-10-11-16-18-19-17(21(16)20-15)22-14-4-2-3-5-14/h6-11,14H,2-5H2,1H3. The lowest BCUT2D eigenvalue weighted by molar-refractivity contribution is 0.800. The minimum absolute atomic E-state index is 0.664. The van der Waals surface area contributed by atoms with E-state index < -0.39 is 0 Å². The van der Waals surface area contributed by atoms with Crippen molar-refractivity contribution in [2.24, 2.45) is 0 Å². The highest BCUT2D eigenvalue weighted by atomic mass is 32.2. The Hall–Kier alpha value is -1.88. The molecule has 1 saturated carbocycles. The third kappa shape index (κ3) is 2.61. The Labute approximate surface area is 134 Å². The number of nitrogens with zero attached hydrogens (tertiary/aromatic N) is 4. The summed E-state index contributed by atoms with van der Waals surface area (Å²) in [5, 5.41) is 14.9. The number of thioether (sulfide) groups is 1. The highest BCUT2D eigenvalue weighted by Gasteiger charge is 2.19. The van der Waals surface area contributed by atoms with Crippen LogP contribution in [0.4, 0.5) is 0 Å². The number of aryl methyl sites for hydroxylation is 1. The Morgan fingerprint density at radius 2 is 1.77 bits per heavy atom. The van der Waals surface area contributed by atoms with Crippen LogP contribution in [0.5, 0.6) is 0 Å². The van der Waals surface area contributed by atoms with Crippen molar-refractivity contribution in [3.63, 3.8) is 0 Å². The molecule has 112 valence electrons. The molecule has 4 nitrogen and oxygen atoms in total. The van der Waals surface area contributed by atoms with Gasteiger partial charge in [-0.1, -0.05) is 54.4 Å². The van der Waals surface area contributed by atoms with Crippen LogP contribution in [0.1, 0.15) is 31.2 Å². The van der Waals surface area contributed by atoms with Gasteiger partial charge in [-0.3, -0.25) is 0 Å². The summed E-state index contributed by atoms with van der Waals surface area (Å²) in [7, 11) is 0. The van der Waals surface area contributed by atoms with E-state index in [9.17, 15) is 0 Å². The molecule has 0 bridgehead atoms. The van der Waals surface area contributed by atoms with Gasteiger partial charge in [-0.15, -0.1) is 10.2 Å². The molecule has 1 aliphatic carbocycles. The van der Waals surface area contributed by atoms with Crippen LogP contribution < -0.4 is 0 Å². The Morgan fingerprint density at radius 1 is 1.00 bits per heavy atom. The Morgan fingerprint density at radius 3 is 2.55 bits per heavy atom. The van der Waals surface area contributed by atoms with Gasteiger partial charge in [0.05, 0.1) is 5.69 Å². The van der Waals surface area contributed by atoms with E-state index in [2.05, 4.69) is 41.4 Å². The Balaban J connectivity index is 1.70. The average molecular weight is 310 g/mol. The number of hydrogen-bond donors (Lipinski definition) is 0. The SMILES string of the molecule is Cc1ccc(-c2ccc3nnc(SC4CCCC4)n3n2)cc1. The maximum Gasteiger partial charge on any atom is 0.212 e. The van der Waals surface area contributed by atoms with Crippen molar-refractivity contribution in [2.75, 3.05) is 0 Å². The van der Waals surface area contributed by atoms with Gasteiger partial charge in [0.2, 0.25) is 5.16 Å². The maximum atomic E-state index is 4.75. The van der Waals surface area contributed by atoms with Crippen LogP contribution in [-0.4, -0.2) is 25.1 Å². The van der Waals surface area contributed by atoms with Gasteiger partial charge in [0.1, 0.15) is 0 Å². The summed E-state index contributed by atoms with van der Waals surface area (Å²) in [6.45, 7) is 2.09. The topological polar surface area (TPSA) is 43.1 Å². The predicted octanol–water partition coefficient (Wildman–Crippen LogP) is 4.13. The van der Waals surface area contributed by atoms with Crippen LogP contribution in [0.2, 0.25) is 0 Å². The lowest BCUT2D eigenvalue weighted by atomic mass is 10.1. The van der Waals surface area contributed by atoms with Crippen molar-refractivity contribution in [1.29, 1.82) is 0 Å². The van der Waals surface area contributed by atoms with Gasteiger partial charge in [-0.2, -0.15) is 9.61 Å². The highest BCUT2D eigenvalue weighted by Crippen LogP contribution is 2.33. The molecule has 0 spiro atoms. The normalized spacial score (nSPS) is 15.7. The van der Waals surface area contributed by atoms with E-state index in [1.54, 1.807) is 0 Å². The summed E-state index contributed by atoms with van der Waals surface area (Å²) in [5.74, 6) is 0. The lowest BCUT2D eigenvalue weighted by Gasteiger charge is -2.07. The fraction of sp³-hybridized carbons (Fsp3) is 0.353. The Bertz CT molecular complexity index is 788. The molecular formula is C17H18N4S. The zero-order valence-electron chi connectivity index (χ0n) is 12.6. The van der Waals surface area contributed by atoms with Crippen LogP contribution in [0.15, 0.2) is 41.6 Å². The van der Waals surface area contributed by atoms with E-state index in [1.165, 1.54) is 31.2 Å². The fourth-order valence-corrected chi connectivity index (χ4v) is 4.07. The number of fused-ring (bicyclic) bond motifs is 1. The third-order valence-corrected chi connectivity index (χ3v) is 5.43. The van der Waals surface area contributed by atoms with Gasteiger partial charge >= 0.3 is 0 Å². The first kappa shape index (κ1) is 13.8. The second-order valence-electron chi connectivity index (χ2n) is 5.86. The molecule has 0 unspecified atom stereocenters. The number of benzene rings is 1. The monoisotopic (exact) mass is 310 g/mol. The fourth-order valence-electron chi connectivity index (χ4n) is 2.88. The molecule has 0 aliphatic heterocycles. The zero-order valence-corrected chi connectivity index (χ0v) is 13.4. The second kappa shape index (κ2) is 5.72. The molecule has 0 atom stereocenters. The van der Waals surface area contributed by atoms with Crippen LogP contribution in [0.3, 0.4) is 0 Å². The molecule has 4 rings (SSSR count). The molecule has 0 N–H and O–H groups in total. The molecule has 1 fully saturated rings. The van der Waals surface area contributed by atoms with Crippen LogP contribution in [0.25, 0.3) is 16.9 Å². The molecule has 0 amide bonds. The van der Waals surface area contributed by atoms with Gasteiger partial charge in [-0.25, -0.2) is 0 Å². The van der Waals surface area contributed by atoms with Crippen molar-refractivity contribution < 1.29 is 0 Å². The number of rotatable bonds is 3. The van der Waals surface area contributed by atoms with Gasteiger partial charge < -0.3 is 0 Å². The van der Waals surface area contributed by atoms with Crippen molar-refractivity contribution in [3.8, 4) is 11.3 Å². The third-order valence-electron chi connectivity index (χ3n) is 4.16. The van der Waals surface area contributed by atoms with E-state index in [1.807, 2.05) is 28.4 Å². The summed E-state index contributed by atoms with van der Waals surface area (Å²) >= 11 is 1.82. The molecule has 1 aliphatic rings. The molecule has 2 heterocycles. The first-order chi connectivity index (χ1) is 10.8. The summed E-state index contributed by atoms with van der Waals surface area (Å²) in [6.07, 6.45) is 5.21. The molecule has 5 heteroatoms. The minimum Gasteiger partial charge on any atom is -0.187 e. The summed E-state index contributed by atoms with van der Waals surface area (Å²) in [5.41, 5.74) is 4.15. The summed E-state index contributed by atoms with van der Waals surface area (Å²) < 4.78 is 1.89. The van der Waals surface area contributed by atoms with Crippen molar-refractivity contribution in [2.45, 2.75) is 43.0 Å². The van der Waals surface area contributed by atoms with Crippen LogP contribution in [-0.2, 0) is 0 Å². The summed E-state index contributed by atoms with van der Waals surface area (Å²) in [4.78, 5) is 0. The van der Waals surface area contributed by atoms with Gasteiger partial charge in [0, 0.05) is 10.8 Å². The molecular weight excluding hydrogens is 292 g/mol. The number of hydrogen-bond acceptors (Lipinski definition) is 4. The van der Waals surface area contributed by atoms with E-state index in [0.29, 0.717) is 5.25 Å². The van der Waals surface area contributed by atoms with Gasteiger partial charge in [-0.05, 0) is 31.9 Å². The average Bonchev–Trinajstić information content (AvgIpc) is 3.18. The van der Waals surface area contributed by atoms with Crippen molar-refractivity contribution in [1.82, 2.24) is 19.8 Å². The van der Waals surface area contributed by atoms with Crippen LogP contribution in [0, 0.1) is 6.92 Å². The first-order valence-electron chi connectivity index (χ1n) is 7.76. The number of aromatic nitrogens is 4. The molecule has 0 radical (unpaired) electrons. The second-order valence-corrected chi connectivity index (χ2v) is 7.13. The lowest BCUT2D eigenvalue weighted by Crippen LogP contribution is -2.00. The van der Waals surface area contributed by atoms with E-state index in [-0.39, 0.29) is 0 Å². The highest BCUT2D eigenvalue weighted by molar-refractivity contribution is 7.99. The van der Waals surface area contributed by atoms with Gasteiger partial charge in [0.25, 0.3) is 0 Å². The van der Waals surface area contributed by atoms with Crippen molar-refractivity contribution >= 4 is 17.4 Å². The minimum atomic E-state index is 0.664. The van der Waals surface area contributed by atoms with E-state index in [4.69, 9.17) is 5.10 Å². The van der Waals surface area contributed by atoms with Crippen molar-refractivity contribution in [3.05, 3.63) is 42.0 Å². The predicted molar refractivity (Wildman–Crippen MR) is 89.1 cm³/mol. The molecule has 22 heavy (non-hydrogen) atoms. The van der Waals surface area contributed by atoms with E-state index >= 15 is 0 Å². The Kier molecular flexibility index (Phi) is 3.58. The first-order valence-corrected chi connectivity index (χ1v) is 8.64. The maximum absolute atomic E-state index is 4.75. The molecule has 0 saturated heterocycles. The largest absolute Gasteiger partial charge is 0.212 e. The molecule has 1 aromatic carbocycles. The smallest absolute Gasteiger partial charge is 0.187 e. The zero-order chi connectivity index (χ0) is 14.9. The quantitative estimate of drug-likeness (QED) is 0.729. The van der Waals surface area contributed by atoms with Crippen LogP contribution >= 0.6 is 11.8 Å². The summed E-state index contributed by atoms with van der Waals surface area (Å²) in [6, 6.07) is 12.4. The molecule has 2 aromatic heterocycles. The molecule has 3 aromatic rings. The van der Waals surface area contributed by atoms with E-state index in [0.717, 1.165) is 22.1 Å².